The molecule has 2 saturated heterocycles. The molecule has 2 aromatic rings. The van der Waals surface area contributed by atoms with E-state index in [0.29, 0.717) is 0 Å². The van der Waals surface area contributed by atoms with Crippen LogP contribution in [-0.4, -0.2) is 58.9 Å². The van der Waals surface area contributed by atoms with Gasteiger partial charge < -0.3 is 29.2 Å². The topological polar surface area (TPSA) is 162 Å². The predicted molar refractivity (Wildman–Crippen MR) is 144 cm³/mol. The summed E-state index contributed by atoms with van der Waals surface area (Å²) >= 11 is 0. The number of nitrogens with one attached hydrogen (secondary N) is 1. The van der Waals surface area contributed by atoms with Crippen LogP contribution in [0.5, 0.6) is 5.75 Å². The Morgan fingerprint density at radius 3 is 2.58 bits per heavy atom. The van der Waals surface area contributed by atoms with Crippen molar-refractivity contribution in [3.63, 3.8) is 0 Å². The number of benzene rings is 1. The van der Waals surface area contributed by atoms with Crippen LogP contribution in [0, 0.1) is 5.41 Å². The molecule has 2 aliphatic rings. The molecule has 4 rings (SSSR count). The zero-order chi connectivity index (χ0) is 29.3. The Bertz CT molecular complexity index is 1300. The summed E-state index contributed by atoms with van der Waals surface area (Å²) in [6.07, 6.45) is -1.18. The van der Waals surface area contributed by atoms with Gasteiger partial charge in [0.2, 0.25) is 0 Å². The summed E-state index contributed by atoms with van der Waals surface area (Å²) in [6.45, 7) is 10.2. The number of fused-ring (bicyclic) bond motifs is 1. The number of nitrogens with two attached hydrogens (primary N) is 1. The Hall–Kier alpha value is -2.80. The van der Waals surface area contributed by atoms with Gasteiger partial charge in [0.15, 0.2) is 5.79 Å². The third-order valence-electron chi connectivity index (χ3n) is 6.54. The lowest BCUT2D eigenvalue weighted by Crippen LogP contribution is -2.55. The summed E-state index contributed by atoms with van der Waals surface area (Å²) in [7, 11) is -4.17. The minimum Gasteiger partial charge on any atom is -0.462 e. The molecular formula is C26H37N4O9P. The predicted octanol–water partition coefficient (Wildman–Crippen LogP) is 3.01. The number of ether oxygens (including phenoxy) is 4. The van der Waals surface area contributed by atoms with Crippen LogP contribution in [0.3, 0.4) is 0 Å². The van der Waals surface area contributed by atoms with E-state index in [9.17, 15) is 14.2 Å². The van der Waals surface area contributed by atoms with Crippen LogP contribution < -0.4 is 21.0 Å². The van der Waals surface area contributed by atoms with E-state index in [0.717, 1.165) is 0 Å². The summed E-state index contributed by atoms with van der Waals surface area (Å²) in [6, 6.07) is 8.89. The first-order chi connectivity index (χ1) is 18.7. The lowest BCUT2D eigenvalue weighted by atomic mass is 9.81. The van der Waals surface area contributed by atoms with Crippen LogP contribution in [0.25, 0.3) is 0 Å². The number of para-hydroxylation sites is 1. The van der Waals surface area contributed by atoms with Crippen LogP contribution in [0.4, 0.5) is 5.82 Å². The van der Waals surface area contributed by atoms with Crippen molar-refractivity contribution in [2.24, 2.45) is 5.41 Å². The van der Waals surface area contributed by atoms with Crippen molar-refractivity contribution in [3.8, 4) is 5.75 Å². The summed E-state index contributed by atoms with van der Waals surface area (Å²) < 4.78 is 50.7. The fourth-order valence-corrected chi connectivity index (χ4v) is 6.11. The first-order valence-electron chi connectivity index (χ1n) is 13.0. The quantitative estimate of drug-likeness (QED) is 0.312. The van der Waals surface area contributed by atoms with Crippen molar-refractivity contribution in [2.45, 2.75) is 77.9 Å². The molecule has 2 aliphatic heterocycles. The number of anilines is 1. The SMILES string of the molecule is CC(C)OC(=O)[C@H](C)NP(=O)(OC[C@H]1O[C@@H](n2ccc(N)nc2=O)[C@@]2(C)COC(C)(C)OC12)Oc1ccccc1. The molecule has 0 saturated carbocycles. The van der Waals surface area contributed by atoms with Gasteiger partial charge in [-0.2, -0.15) is 10.1 Å². The van der Waals surface area contributed by atoms with E-state index in [1.54, 1.807) is 58.0 Å². The van der Waals surface area contributed by atoms with Crippen molar-refractivity contribution in [3.05, 3.63) is 53.1 Å². The second-order valence-electron chi connectivity index (χ2n) is 10.8. The Labute approximate surface area is 232 Å². The van der Waals surface area contributed by atoms with Gasteiger partial charge in [0, 0.05) is 6.20 Å². The summed E-state index contributed by atoms with van der Waals surface area (Å²) in [4.78, 5) is 29.0. The highest BCUT2D eigenvalue weighted by Gasteiger charge is 2.60. The van der Waals surface area contributed by atoms with Gasteiger partial charge >= 0.3 is 19.4 Å². The molecule has 2 fully saturated rings. The van der Waals surface area contributed by atoms with Crippen molar-refractivity contribution in [1.29, 1.82) is 0 Å². The number of esters is 1. The van der Waals surface area contributed by atoms with Gasteiger partial charge in [0.25, 0.3) is 0 Å². The van der Waals surface area contributed by atoms with Crippen LogP contribution in [-0.2, 0) is 32.8 Å². The van der Waals surface area contributed by atoms with E-state index in [4.69, 9.17) is 33.7 Å². The average molecular weight is 581 g/mol. The molecule has 1 aromatic heterocycles. The van der Waals surface area contributed by atoms with E-state index in [2.05, 4.69) is 10.1 Å². The second-order valence-corrected chi connectivity index (χ2v) is 12.5. The van der Waals surface area contributed by atoms with Gasteiger partial charge in [-0.15, -0.1) is 0 Å². The number of carbonyl (C=O) groups excluding carboxylic acids is 1. The number of nitrogen functional groups attached to an aromatic ring is 1. The lowest BCUT2D eigenvalue weighted by Gasteiger charge is -2.45. The maximum atomic E-state index is 14.0. The number of carbonyl (C=O) groups is 1. The molecule has 14 heteroatoms. The fourth-order valence-electron chi connectivity index (χ4n) is 4.61. The molecule has 3 heterocycles. The molecule has 40 heavy (non-hydrogen) atoms. The molecule has 0 radical (unpaired) electrons. The summed E-state index contributed by atoms with van der Waals surface area (Å²) in [5, 5.41) is 2.66. The summed E-state index contributed by atoms with van der Waals surface area (Å²) in [5.41, 5.74) is 4.23. The molecule has 6 atom stereocenters. The minimum absolute atomic E-state index is 0.0771. The highest BCUT2D eigenvalue weighted by atomic mass is 31.2. The van der Waals surface area contributed by atoms with E-state index < -0.39 is 55.1 Å². The van der Waals surface area contributed by atoms with Gasteiger partial charge in [-0.3, -0.25) is 13.9 Å². The summed E-state index contributed by atoms with van der Waals surface area (Å²) in [5.74, 6) is -1.23. The first-order valence-corrected chi connectivity index (χ1v) is 14.5. The monoisotopic (exact) mass is 580 g/mol. The largest absolute Gasteiger partial charge is 0.462 e. The smallest absolute Gasteiger partial charge is 0.459 e. The van der Waals surface area contributed by atoms with Crippen LogP contribution >= 0.6 is 7.75 Å². The zero-order valence-electron chi connectivity index (χ0n) is 23.4. The molecule has 3 N–H and O–H groups in total. The third kappa shape index (κ3) is 6.73. The minimum atomic E-state index is -4.17. The van der Waals surface area contributed by atoms with E-state index in [1.807, 2.05) is 6.92 Å². The molecule has 1 aromatic carbocycles. The molecule has 0 aliphatic carbocycles. The van der Waals surface area contributed by atoms with Crippen LogP contribution in [0.15, 0.2) is 47.4 Å². The van der Waals surface area contributed by atoms with Gasteiger partial charge in [0.05, 0.1) is 24.7 Å². The van der Waals surface area contributed by atoms with Crippen LogP contribution in [0.1, 0.15) is 47.8 Å². The van der Waals surface area contributed by atoms with Gasteiger partial charge in [-0.25, -0.2) is 9.36 Å². The van der Waals surface area contributed by atoms with E-state index in [1.165, 1.54) is 23.8 Å². The third-order valence-corrected chi connectivity index (χ3v) is 8.18. The number of nitrogens with zero attached hydrogens (tertiary/aromatic N) is 2. The van der Waals surface area contributed by atoms with Crippen molar-refractivity contribution >= 4 is 19.5 Å². The van der Waals surface area contributed by atoms with Gasteiger partial charge in [-0.05, 0) is 52.8 Å². The zero-order valence-corrected chi connectivity index (χ0v) is 24.3. The van der Waals surface area contributed by atoms with Crippen molar-refractivity contribution in [1.82, 2.24) is 14.6 Å². The van der Waals surface area contributed by atoms with Crippen LogP contribution in [0.2, 0.25) is 0 Å². The molecular weight excluding hydrogens is 543 g/mol. The Kier molecular flexibility index (Phi) is 8.74. The van der Waals surface area contributed by atoms with E-state index >= 15 is 0 Å². The van der Waals surface area contributed by atoms with Crippen molar-refractivity contribution < 1.29 is 37.4 Å². The maximum absolute atomic E-state index is 14.0. The normalized spacial score (nSPS) is 27.9. The number of hydrogen-bond acceptors (Lipinski definition) is 11. The molecule has 0 bridgehead atoms. The molecule has 220 valence electrons. The number of hydrogen-bond donors (Lipinski definition) is 2. The Morgan fingerprint density at radius 1 is 1.23 bits per heavy atom. The van der Waals surface area contributed by atoms with Gasteiger partial charge in [-0.1, -0.05) is 25.1 Å². The first kappa shape index (κ1) is 30.2. The highest BCUT2D eigenvalue weighted by Crippen LogP contribution is 2.53. The Balaban J connectivity index is 1.60. The van der Waals surface area contributed by atoms with E-state index in [-0.39, 0.29) is 30.9 Å². The number of rotatable bonds is 10. The molecule has 13 nitrogen and oxygen atoms in total. The maximum Gasteiger partial charge on any atom is 0.459 e. The standard InChI is InChI=1S/C26H37N4O9P/c1-16(2)36-22(31)17(3)29-40(33,39-18-10-8-7-9-11-18)35-14-19-21-26(6,15-34-25(4,5)38-21)23(37-19)30-13-12-20(27)28-24(30)32/h7-13,16-17,19,21,23H,14-15H2,1-6H3,(H,29,33)(H2,27,28,32)/t17-,19+,21?,23+,26-,40?/m0/s1. The van der Waals surface area contributed by atoms with Gasteiger partial charge in [0.1, 0.15) is 36.0 Å². The Morgan fingerprint density at radius 2 is 1.93 bits per heavy atom. The molecule has 0 spiro atoms. The fraction of sp³-hybridized carbons (Fsp3) is 0.577. The number of aromatic nitrogens is 2. The van der Waals surface area contributed by atoms with Crippen molar-refractivity contribution in [2.75, 3.05) is 18.9 Å². The highest BCUT2D eigenvalue weighted by molar-refractivity contribution is 7.52. The molecule has 2 unspecified atom stereocenters. The lowest BCUT2D eigenvalue weighted by molar-refractivity contribution is -0.314. The second kappa shape index (κ2) is 11.6. The average Bonchev–Trinajstić information content (AvgIpc) is 3.14. The molecule has 0 amide bonds.